The first kappa shape index (κ1) is 23.3. The minimum Gasteiger partial charge on any atom is -0.497 e. The van der Waals surface area contributed by atoms with Crippen molar-refractivity contribution >= 4 is 11.7 Å². The predicted molar refractivity (Wildman–Crippen MR) is 137 cm³/mol. The summed E-state index contributed by atoms with van der Waals surface area (Å²) in [7, 11) is 1.66. The highest BCUT2D eigenvalue weighted by atomic mass is 16.5. The van der Waals surface area contributed by atoms with Crippen molar-refractivity contribution in [3.8, 4) is 17.0 Å². The summed E-state index contributed by atoms with van der Waals surface area (Å²) in [5.74, 6) is 2.14. The van der Waals surface area contributed by atoms with Crippen LogP contribution in [0, 0.1) is 5.92 Å². The van der Waals surface area contributed by atoms with Crippen LogP contribution in [0.15, 0.2) is 66.7 Å². The van der Waals surface area contributed by atoms with Crippen molar-refractivity contribution in [2.45, 2.75) is 19.4 Å². The molecule has 0 unspecified atom stereocenters. The van der Waals surface area contributed by atoms with E-state index in [1.807, 2.05) is 36.4 Å². The largest absolute Gasteiger partial charge is 0.497 e. The standard InChI is InChI=1S/C28H33N5O2/c1-35-25-9-7-23(8-10-25)26-11-12-27(30-29-26)32-15-13-24(14-16-32)28(34)33-19-17-31(18-20-33)21-22-5-3-2-4-6-22/h2-12,24H,13-21H2,1H3. The van der Waals surface area contributed by atoms with E-state index >= 15 is 0 Å². The molecular formula is C28H33N5O2. The predicted octanol–water partition coefficient (Wildman–Crippen LogP) is 3.71. The Morgan fingerprint density at radius 1 is 0.857 bits per heavy atom. The molecule has 2 aromatic carbocycles. The number of rotatable bonds is 6. The number of aromatic nitrogens is 2. The fraction of sp³-hybridized carbons (Fsp3) is 0.393. The van der Waals surface area contributed by atoms with Gasteiger partial charge in [-0.1, -0.05) is 30.3 Å². The van der Waals surface area contributed by atoms with Crippen molar-refractivity contribution in [2.75, 3.05) is 51.3 Å². The van der Waals surface area contributed by atoms with E-state index < -0.39 is 0 Å². The van der Waals surface area contributed by atoms with Gasteiger partial charge >= 0.3 is 0 Å². The molecule has 35 heavy (non-hydrogen) atoms. The number of methoxy groups -OCH3 is 1. The quantitative estimate of drug-likeness (QED) is 0.546. The summed E-state index contributed by atoms with van der Waals surface area (Å²) in [5.41, 5.74) is 3.19. The van der Waals surface area contributed by atoms with E-state index in [0.717, 1.165) is 81.5 Å². The molecule has 0 N–H and O–H groups in total. The van der Waals surface area contributed by atoms with Crippen LogP contribution in [0.1, 0.15) is 18.4 Å². The topological polar surface area (TPSA) is 61.8 Å². The van der Waals surface area contributed by atoms with Gasteiger partial charge in [-0.15, -0.1) is 10.2 Å². The normalized spacial score (nSPS) is 17.4. The smallest absolute Gasteiger partial charge is 0.225 e. The van der Waals surface area contributed by atoms with Gasteiger partial charge in [0, 0.05) is 57.3 Å². The molecule has 0 saturated carbocycles. The summed E-state index contributed by atoms with van der Waals surface area (Å²) < 4.78 is 5.22. The van der Waals surface area contributed by atoms with Crippen molar-refractivity contribution in [1.29, 1.82) is 0 Å². The molecule has 1 aromatic heterocycles. The molecule has 0 aliphatic carbocycles. The molecule has 5 rings (SSSR count). The van der Waals surface area contributed by atoms with Crippen molar-refractivity contribution in [2.24, 2.45) is 5.92 Å². The number of amides is 1. The number of carbonyl (C=O) groups is 1. The molecule has 2 aliphatic rings. The van der Waals surface area contributed by atoms with E-state index in [4.69, 9.17) is 4.74 Å². The fourth-order valence-corrected chi connectivity index (χ4v) is 4.99. The lowest BCUT2D eigenvalue weighted by molar-refractivity contribution is -0.138. The second-order valence-corrected chi connectivity index (χ2v) is 9.35. The number of piperidine rings is 1. The third kappa shape index (κ3) is 5.62. The van der Waals surface area contributed by atoms with Gasteiger partial charge in [0.15, 0.2) is 5.82 Å². The molecule has 2 saturated heterocycles. The van der Waals surface area contributed by atoms with Crippen LogP contribution in [0.5, 0.6) is 5.75 Å². The Kier molecular flexibility index (Phi) is 7.23. The summed E-state index contributed by atoms with van der Waals surface area (Å²) in [5, 5.41) is 8.90. The van der Waals surface area contributed by atoms with Gasteiger partial charge in [0.2, 0.25) is 5.91 Å². The van der Waals surface area contributed by atoms with Crippen LogP contribution < -0.4 is 9.64 Å². The first-order chi connectivity index (χ1) is 17.2. The molecule has 3 heterocycles. The zero-order valence-electron chi connectivity index (χ0n) is 20.3. The SMILES string of the molecule is COc1ccc(-c2ccc(N3CCC(C(=O)N4CCN(Cc5ccccc5)CC4)CC3)nn2)cc1. The van der Waals surface area contributed by atoms with E-state index in [1.54, 1.807) is 7.11 Å². The van der Waals surface area contributed by atoms with Gasteiger partial charge in [-0.25, -0.2) is 0 Å². The molecule has 0 radical (unpaired) electrons. The number of piperazine rings is 1. The van der Waals surface area contributed by atoms with Crippen LogP contribution in [0.3, 0.4) is 0 Å². The molecule has 0 atom stereocenters. The van der Waals surface area contributed by atoms with Crippen LogP contribution >= 0.6 is 0 Å². The molecule has 1 amide bonds. The number of hydrogen-bond acceptors (Lipinski definition) is 6. The average molecular weight is 472 g/mol. The van der Waals surface area contributed by atoms with E-state index in [9.17, 15) is 4.79 Å². The number of nitrogens with zero attached hydrogens (tertiary/aromatic N) is 5. The zero-order valence-corrected chi connectivity index (χ0v) is 20.3. The highest BCUT2D eigenvalue weighted by Gasteiger charge is 2.30. The lowest BCUT2D eigenvalue weighted by atomic mass is 9.95. The summed E-state index contributed by atoms with van der Waals surface area (Å²) in [6.07, 6.45) is 1.73. The average Bonchev–Trinajstić information content (AvgIpc) is 2.94. The number of benzene rings is 2. The van der Waals surface area contributed by atoms with E-state index in [0.29, 0.717) is 5.91 Å². The number of anilines is 1. The first-order valence-corrected chi connectivity index (χ1v) is 12.5. The highest BCUT2D eigenvalue weighted by molar-refractivity contribution is 5.79. The second-order valence-electron chi connectivity index (χ2n) is 9.35. The molecule has 3 aromatic rings. The molecule has 0 spiro atoms. The lowest BCUT2D eigenvalue weighted by Crippen LogP contribution is -2.51. The lowest BCUT2D eigenvalue weighted by Gasteiger charge is -2.38. The van der Waals surface area contributed by atoms with Gasteiger partial charge in [-0.3, -0.25) is 9.69 Å². The van der Waals surface area contributed by atoms with Gasteiger partial charge in [0.1, 0.15) is 5.75 Å². The van der Waals surface area contributed by atoms with Gasteiger partial charge in [-0.2, -0.15) is 0 Å². The molecule has 7 heteroatoms. The maximum atomic E-state index is 13.2. The fourth-order valence-electron chi connectivity index (χ4n) is 4.99. The maximum Gasteiger partial charge on any atom is 0.225 e. The summed E-state index contributed by atoms with van der Waals surface area (Å²) in [6.45, 7) is 6.15. The van der Waals surface area contributed by atoms with Gasteiger partial charge in [-0.05, 0) is 54.8 Å². The Labute approximate surface area is 207 Å². The molecule has 182 valence electrons. The van der Waals surface area contributed by atoms with Crippen molar-refractivity contribution < 1.29 is 9.53 Å². The summed E-state index contributed by atoms with van der Waals surface area (Å²) in [6, 6.07) is 22.4. The van der Waals surface area contributed by atoms with Crippen LogP contribution in [0.25, 0.3) is 11.3 Å². The molecule has 7 nitrogen and oxygen atoms in total. The number of hydrogen-bond donors (Lipinski definition) is 0. The van der Waals surface area contributed by atoms with Crippen LogP contribution in [0.2, 0.25) is 0 Å². The third-order valence-electron chi connectivity index (χ3n) is 7.14. The Morgan fingerprint density at radius 3 is 2.20 bits per heavy atom. The zero-order chi connectivity index (χ0) is 24.0. The Morgan fingerprint density at radius 2 is 1.57 bits per heavy atom. The van der Waals surface area contributed by atoms with E-state index in [-0.39, 0.29) is 5.92 Å². The maximum absolute atomic E-state index is 13.2. The monoisotopic (exact) mass is 471 g/mol. The van der Waals surface area contributed by atoms with Crippen molar-refractivity contribution in [3.63, 3.8) is 0 Å². The van der Waals surface area contributed by atoms with E-state index in [2.05, 4.69) is 55.2 Å². The van der Waals surface area contributed by atoms with Crippen molar-refractivity contribution in [1.82, 2.24) is 20.0 Å². The van der Waals surface area contributed by atoms with Gasteiger partial charge in [0.25, 0.3) is 0 Å². The molecule has 2 aliphatic heterocycles. The third-order valence-corrected chi connectivity index (χ3v) is 7.14. The Hall–Kier alpha value is -3.45. The number of carbonyl (C=O) groups excluding carboxylic acids is 1. The summed E-state index contributed by atoms with van der Waals surface area (Å²) in [4.78, 5) is 19.9. The Bertz CT molecular complexity index is 1090. The number of ether oxygens (including phenoxy) is 1. The summed E-state index contributed by atoms with van der Waals surface area (Å²) >= 11 is 0. The van der Waals surface area contributed by atoms with E-state index in [1.165, 1.54) is 5.56 Å². The molecule has 0 bridgehead atoms. The Balaban J connectivity index is 1.09. The first-order valence-electron chi connectivity index (χ1n) is 12.5. The second kappa shape index (κ2) is 10.9. The molecule has 2 fully saturated rings. The van der Waals surface area contributed by atoms with Crippen LogP contribution in [-0.4, -0.2) is 72.3 Å². The van der Waals surface area contributed by atoms with Gasteiger partial charge < -0.3 is 14.5 Å². The van der Waals surface area contributed by atoms with Crippen molar-refractivity contribution in [3.05, 3.63) is 72.3 Å². The van der Waals surface area contributed by atoms with Crippen LogP contribution in [0.4, 0.5) is 5.82 Å². The highest BCUT2D eigenvalue weighted by Crippen LogP contribution is 2.26. The minimum atomic E-state index is 0.110. The molecular weight excluding hydrogens is 438 g/mol. The van der Waals surface area contributed by atoms with Crippen LogP contribution in [-0.2, 0) is 11.3 Å². The minimum absolute atomic E-state index is 0.110. The van der Waals surface area contributed by atoms with Gasteiger partial charge in [0.05, 0.1) is 12.8 Å².